The van der Waals surface area contributed by atoms with Crippen LogP contribution in [-0.4, -0.2) is 12.5 Å². The number of nitrogens with one attached hydrogen (secondary N) is 1. The molecule has 1 amide bonds. The first-order valence-corrected chi connectivity index (χ1v) is 6.76. The first kappa shape index (κ1) is 12.9. The molecule has 1 aromatic rings. The summed E-state index contributed by atoms with van der Waals surface area (Å²) in [5.74, 6) is 2.22. The lowest BCUT2D eigenvalue weighted by atomic mass is 9.89. The van der Waals surface area contributed by atoms with E-state index in [1.165, 1.54) is 32.1 Å². The van der Waals surface area contributed by atoms with E-state index in [1.54, 1.807) is 12.2 Å². The quantitative estimate of drug-likeness (QED) is 0.829. The minimum Gasteiger partial charge on any atom is -0.462 e. The van der Waals surface area contributed by atoms with Crippen LogP contribution in [0.3, 0.4) is 0 Å². The van der Waals surface area contributed by atoms with Crippen molar-refractivity contribution in [1.29, 1.82) is 0 Å². The van der Waals surface area contributed by atoms with Gasteiger partial charge < -0.3 is 9.73 Å². The number of amides is 1. The zero-order valence-electron chi connectivity index (χ0n) is 10.9. The largest absolute Gasteiger partial charge is 0.462 e. The van der Waals surface area contributed by atoms with Gasteiger partial charge in [0, 0.05) is 12.6 Å². The van der Waals surface area contributed by atoms with Gasteiger partial charge in [-0.25, -0.2) is 0 Å². The Hall–Kier alpha value is -1.51. The maximum Gasteiger partial charge on any atom is 0.244 e. The number of carbonyl (C=O) groups is 1. The number of furan rings is 1. The Balaban J connectivity index is 1.73. The predicted octanol–water partition coefficient (Wildman–Crippen LogP) is 3.30. The van der Waals surface area contributed by atoms with Crippen molar-refractivity contribution in [1.82, 2.24) is 5.32 Å². The third kappa shape index (κ3) is 4.06. The second-order valence-electron chi connectivity index (χ2n) is 5.03. The van der Waals surface area contributed by atoms with Gasteiger partial charge >= 0.3 is 0 Å². The van der Waals surface area contributed by atoms with Crippen molar-refractivity contribution in [2.24, 2.45) is 5.92 Å². The van der Waals surface area contributed by atoms with Crippen molar-refractivity contribution in [2.45, 2.75) is 39.0 Å². The average Bonchev–Trinajstić information content (AvgIpc) is 2.81. The van der Waals surface area contributed by atoms with Gasteiger partial charge in [0.15, 0.2) is 0 Å². The Morgan fingerprint density at radius 1 is 1.39 bits per heavy atom. The van der Waals surface area contributed by atoms with Gasteiger partial charge in [0.05, 0.1) is 0 Å². The molecule has 0 radical (unpaired) electrons. The summed E-state index contributed by atoms with van der Waals surface area (Å²) in [6.07, 6.45) is 9.72. The van der Waals surface area contributed by atoms with Gasteiger partial charge in [0.2, 0.25) is 5.91 Å². The number of aryl methyl sites for hydroxylation is 1. The maximum atomic E-state index is 11.6. The van der Waals surface area contributed by atoms with Crippen LogP contribution in [0.5, 0.6) is 0 Å². The van der Waals surface area contributed by atoms with Crippen molar-refractivity contribution in [2.75, 3.05) is 6.54 Å². The van der Waals surface area contributed by atoms with Gasteiger partial charge in [0.1, 0.15) is 11.5 Å². The van der Waals surface area contributed by atoms with E-state index in [4.69, 9.17) is 4.42 Å². The lowest BCUT2D eigenvalue weighted by Crippen LogP contribution is -2.28. The molecule has 0 aliphatic heterocycles. The van der Waals surface area contributed by atoms with Gasteiger partial charge in [-0.1, -0.05) is 19.3 Å². The molecular weight excluding hydrogens is 226 g/mol. The highest BCUT2D eigenvalue weighted by molar-refractivity contribution is 5.91. The molecule has 1 aromatic heterocycles. The number of hydrogen-bond donors (Lipinski definition) is 1. The van der Waals surface area contributed by atoms with Crippen molar-refractivity contribution in [3.63, 3.8) is 0 Å². The average molecular weight is 247 g/mol. The molecule has 1 heterocycles. The molecule has 18 heavy (non-hydrogen) atoms. The van der Waals surface area contributed by atoms with Crippen molar-refractivity contribution in [3.05, 3.63) is 29.7 Å². The van der Waals surface area contributed by atoms with Crippen molar-refractivity contribution in [3.8, 4) is 0 Å². The molecule has 1 N–H and O–H groups in total. The summed E-state index contributed by atoms with van der Waals surface area (Å²) in [5, 5.41) is 2.96. The molecule has 1 aliphatic rings. The summed E-state index contributed by atoms with van der Waals surface area (Å²) < 4.78 is 5.36. The standard InChI is InChI=1S/C15H21NO2/c1-12-7-8-14(18-12)9-10-15(17)16-11-13-5-3-2-4-6-13/h7-10,13H,2-6,11H2,1H3,(H,16,17)/b10-9+. The molecule has 0 unspecified atom stereocenters. The van der Waals surface area contributed by atoms with E-state index in [-0.39, 0.29) is 5.91 Å². The summed E-state index contributed by atoms with van der Waals surface area (Å²) in [5.41, 5.74) is 0. The first-order chi connectivity index (χ1) is 8.74. The van der Waals surface area contributed by atoms with E-state index < -0.39 is 0 Å². The Morgan fingerprint density at radius 2 is 2.17 bits per heavy atom. The molecule has 1 aliphatic carbocycles. The molecule has 2 rings (SSSR count). The molecule has 1 fully saturated rings. The van der Waals surface area contributed by atoms with E-state index in [0.29, 0.717) is 5.92 Å². The Kier molecular flexibility index (Phi) is 4.62. The fourth-order valence-corrected chi connectivity index (χ4v) is 2.40. The lowest BCUT2D eigenvalue weighted by Gasteiger charge is -2.21. The van der Waals surface area contributed by atoms with Crippen LogP contribution in [-0.2, 0) is 4.79 Å². The fraction of sp³-hybridized carbons (Fsp3) is 0.533. The molecule has 3 heteroatoms. The first-order valence-electron chi connectivity index (χ1n) is 6.76. The SMILES string of the molecule is Cc1ccc(/C=C/C(=O)NCC2CCCCC2)o1. The molecule has 0 aromatic carbocycles. The Labute approximate surface area is 108 Å². The highest BCUT2D eigenvalue weighted by Gasteiger charge is 2.13. The van der Waals surface area contributed by atoms with E-state index in [2.05, 4.69) is 5.32 Å². The molecule has 3 nitrogen and oxygen atoms in total. The normalized spacial score (nSPS) is 17.2. The van der Waals surface area contributed by atoms with Crippen LogP contribution in [0.4, 0.5) is 0 Å². The topological polar surface area (TPSA) is 42.2 Å². The molecular formula is C15H21NO2. The Bertz CT molecular complexity index is 414. The number of rotatable bonds is 4. The summed E-state index contributed by atoms with van der Waals surface area (Å²) in [6.45, 7) is 2.70. The van der Waals surface area contributed by atoms with E-state index in [1.807, 2.05) is 19.1 Å². The Morgan fingerprint density at radius 3 is 2.83 bits per heavy atom. The molecule has 1 saturated carbocycles. The highest BCUT2D eigenvalue weighted by Crippen LogP contribution is 2.22. The van der Waals surface area contributed by atoms with Crippen LogP contribution >= 0.6 is 0 Å². The van der Waals surface area contributed by atoms with Crippen molar-refractivity contribution >= 4 is 12.0 Å². The zero-order valence-corrected chi connectivity index (χ0v) is 10.9. The summed E-state index contributed by atoms with van der Waals surface area (Å²) in [4.78, 5) is 11.6. The summed E-state index contributed by atoms with van der Waals surface area (Å²) in [6, 6.07) is 3.75. The van der Waals surface area contributed by atoms with Gasteiger partial charge in [-0.15, -0.1) is 0 Å². The van der Waals surface area contributed by atoms with E-state index in [9.17, 15) is 4.79 Å². The maximum absolute atomic E-state index is 11.6. The third-order valence-corrected chi connectivity index (χ3v) is 3.45. The minimum atomic E-state index is -0.0328. The molecule has 0 saturated heterocycles. The second-order valence-corrected chi connectivity index (χ2v) is 5.03. The van der Waals surface area contributed by atoms with Crippen LogP contribution in [0, 0.1) is 12.8 Å². The van der Waals surface area contributed by atoms with Gasteiger partial charge in [-0.2, -0.15) is 0 Å². The number of hydrogen-bond acceptors (Lipinski definition) is 2. The van der Waals surface area contributed by atoms with Gasteiger partial charge in [-0.05, 0) is 43.9 Å². The van der Waals surface area contributed by atoms with Crippen LogP contribution in [0.1, 0.15) is 43.6 Å². The molecule has 0 atom stereocenters. The second kappa shape index (κ2) is 6.43. The van der Waals surface area contributed by atoms with Gasteiger partial charge in [0.25, 0.3) is 0 Å². The van der Waals surface area contributed by atoms with Crippen LogP contribution in [0.25, 0.3) is 6.08 Å². The van der Waals surface area contributed by atoms with Crippen LogP contribution in [0.2, 0.25) is 0 Å². The monoisotopic (exact) mass is 247 g/mol. The summed E-state index contributed by atoms with van der Waals surface area (Å²) >= 11 is 0. The summed E-state index contributed by atoms with van der Waals surface area (Å²) in [7, 11) is 0. The molecule has 0 bridgehead atoms. The zero-order chi connectivity index (χ0) is 12.8. The van der Waals surface area contributed by atoms with Crippen molar-refractivity contribution < 1.29 is 9.21 Å². The van der Waals surface area contributed by atoms with Crippen LogP contribution in [0.15, 0.2) is 22.6 Å². The van der Waals surface area contributed by atoms with E-state index in [0.717, 1.165) is 18.1 Å². The molecule has 98 valence electrons. The minimum absolute atomic E-state index is 0.0328. The van der Waals surface area contributed by atoms with Gasteiger partial charge in [-0.3, -0.25) is 4.79 Å². The number of carbonyl (C=O) groups excluding carboxylic acids is 1. The lowest BCUT2D eigenvalue weighted by molar-refractivity contribution is -0.116. The smallest absolute Gasteiger partial charge is 0.244 e. The predicted molar refractivity (Wildman–Crippen MR) is 72.1 cm³/mol. The molecule has 0 spiro atoms. The van der Waals surface area contributed by atoms with E-state index >= 15 is 0 Å². The highest BCUT2D eigenvalue weighted by atomic mass is 16.3. The fourth-order valence-electron chi connectivity index (χ4n) is 2.40. The third-order valence-electron chi connectivity index (χ3n) is 3.45. The van der Waals surface area contributed by atoms with Crippen LogP contribution < -0.4 is 5.32 Å².